The third-order valence-corrected chi connectivity index (χ3v) is 3.98. The normalized spacial score (nSPS) is 17.5. The van der Waals surface area contributed by atoms with E-state index in [1.807, 2.05) is 24.3 Å². The highest BCUT2D eigenvalue weighted by Crippen LogP contribution is 2.24. The first-order chi connectivity index (χ1) is 11.7. The number of aromatic nitrogens is 1. The highest BCUT2D eigenvalue weighted by atomic mass is 16.5. The first kappa shape index (κ1) is 16.3. The van der Waals surface area contributed by atoms with Crippen LogP contribution in [0, 0.1) is 0 Å². The molecule has 1 atom stereocenters. The molecule has 126 valence electrons. The van der Waals surface area contributed by atoms with E-state index in [0.29, 0.717) is 32.7 Å². The van der Waals surface area contributed by atoms with E-state index in [1.54, 1.807) is 29.3 Å². The maximum absolute atomic E-state index is 12.3. The van der Waals surface area contributed by atoms with Crippen molar-refractivity contribution in [1.82, 2.24) is 15.2 Å². The minimum absolute atomic E-state index is 0.0978. The van der Waals surface area contributed by atoms with Crippen LogP contribution in [0.2, 0.25) is 0 Å². The number of ether oxygens (including phenoxy) is 1. The molecule has 2 N–H and O–H groups in total. The van der Waals surface area contributed by atoms with E-state index < -0.39 is 0 Å². The van der Waals surface area contributed by atoms with Crippen LogP contribution in [0.5, 0.6) is 5.75 Å². The fraction of sp³-hybridized carbons (Fsp3) is 0.333. The van der Waals surface area contributed by atoms with Gasteiger partial charge in [0.2, 0.25) is 0 Å². The molecule has 0 spiro atoms. The predicted molar refractivity (Wildman–Crippen MR) is 89.7 cm³/mol. The lowest BCUT2D eigenvalue weighted by atomic mass is 10.1. The van der Waals surface area contributed by atoms with Gasteiger partial charge in [0.15, 0.2) is 0 Å². The lowest BCUT2D eigenvalue weighted by Crippen LogP contribution is -2.47. The van der Waals surface area contributed by atoms with Crippen LogP contribution in [0.1, 0.15) is 17.4 Å². The summed E-state index contributed by atoms with van der Waals surface area (Å²) >= 11 is 0. The maximum Gasteiger partial charge on any atom is 0.317 e. The first-order valence-corrected chi connectivity index (χ1v) is 8.05. The molecular weight excluding hydrogens is 306 g/mol. The summed E-state index contributed by atoms with van der Waals surface area (Å²) in [5.74, 6) is 0.202. The monoisotopic (exact) mass is 327 g/mol. The minimum atomic E-state index is -0.215. The zero-order valence-electron chi connectivity index (χ0n) is 13.4. The van der Waals surface area contributed by atoms with Gasteiger partial charge in [-0.25, -0.2) is 4.79 Å². The number of hydrogen-bond acceptors (Lipinski definition) is 4. The Bertz CT molecular complexity index is 678. The van der Waals surface area contributed by atoms with Crippen LogP contribution in [0.25, 0.3) is 0 Å². The summed E-state index contributed by atoms with van der Waals surface area (Å²) in [5.41, 5.74) is 1.83. The average molecular weight is 327 g/mol. The predicted octanol–water partition coefficient (Wildman–Crippen LogP) is 2.11. The number of phenols is 1. The van der Waals surface area contributed by atoms with Crippen LogP contribution < -0.4 is 5.32 Å². The number of morpholine rings is 1. The van der Waals surface area contributed by atoms with Gasteiger partial charge in [0.05, 0.1) is 13.2 Å². The number of nitrogens with zero attached hydrogens (tertiary/aromatic N) is 2. The van der Waals surface area contributed by atoms with Crippen molar-refractivity contribution in [2.45, 2.75) is 12.5 Å². The molecule has 1 fully saturated rings. The quantitative estimate of drug-likeness (QED) is 0.902. The Kier molecular flexibility index (Phi) is 5.28. The van der Waals surface area contributed by atoms with Gasteiger partial charge in [-0.2, -0.15) is 0 Å². The van der Waals surface area contributed by atoms with Crippen LogP contribution in [0.15, 0.2) is 48.7 Å². The number of benzene rings is 1. The molecule has 2 aromatic rings. The molecule has 1 aromatic heterocycles. The number of phenolic OH excluding ortho intramolecular Hbond substituents is 1. The molecule has 1 unspecified atom stereocenters. The van der Waals surface area contributed by atoms with E-state index >= 15 is 0 Å². The number of carbonyl (C=O) groups excluding carboxylic acids is 1. The van der Waals surface area contributed by atoms with Crippen LogP contribution in [0.4, 0.5) is 4.79 Å². The summed E-state index contributed by atoms with van der Waals surface area (Å²) in [5, 5.41) is 12.5. The Balaban J connectivity index is 1.51. The fourth-order valence-electron chi connectivity index (χ4n) is 2.72. The number of urea groups is 1. The lowest BCUT2D eigenvalue weighted by molar-refractivity contribution is -0.0154. The standard InChI is InChI=1S/C18H21N3O3/c22-16-6-3-4-14(12-16)17-13-21(10-11-24-17)18(23)20-9-7-15-5-1-2-8-19-15/h1-6,8,12,17,22H,7,9-11,13H2,(H,20,23). The van der Waals surface area contributed by atoms with Gasteiger partial charge in [-0.1, -0.05) is 18.2 Å². The molecule has 24 heavy (non-hydrogen) atoms. The van der Waals surface area contributed by atoms with E-state index in [2.05, 4.69) is 10.3 Å². The van der Waals surface area contributed by atoms with E-state index in [-0.39, 0.29) is 17.9 Å². The number of aromatic hydroxyl groups is 1. The summed E-state index contributed by atoms with van der Waals surface area (Å²) < 4.78 is 5.73. The first-order valence-electron chi connectivity index (χ1n) is 8.05. The number of rotatable bonds is 4. The second-order valence-corrected chi connectivity index (χ2v) is 5.70. The van der Waals surface area contributed by atoms with Gasteiger partial charge >= 0.3 is 6.03 Å². The summed E-state index contributed by atoms with van der Waals surface area (Å²) in [4.78, 5) is 18.3. The molecular formula is C18H21N3O3. The molecule has 2 heterocycles. The number of hydrogen-bond donors (Lipinski definition) is 2. The summed E-state index contributed by atoms with van der Waals surface area (Å²) in [6, 6.07) is 12.6. The molecule has 1 saturated heterocycles. The molecule has 3 rings (SSSR count). The minimum Gasteiger partial charge on any atom is -0.508 e. The molecule has 0 radical (unpaired) electrons. The fourth-order valence-corrected chi connectivity index (χ4v) is 2.72. The van der Waals surface area contributed by atoms with Gasteiger partial charge in [-0.15, -0.1) is 0 Å². The number of carbonyl (C=O) groups is 1. The van der Waals surface area contributed by atoms with E-state index in [1.165, 1.54) is 0 Å². The van der Waals surface area contributed by atoms with Crippen LogP contribution in [-0.2, 0) is 11.2 Å². The molecule has 0 bridgehead atoms. The molecule has 0 aliphatic carbocycles. The van der Waals surface area contributed by atoms with Gasteiger partial charge in [0.1, 0.15) is 11.9 Å². The van der Waals surface area contributed by atoms with Crippen molar-refractivity contribution < 1.29 is 14.6 Å². The molecule has 6 nitrogen and oxygen atoms in total. The Morgan fingerprint density at radius 3 is 3.04 bits per heavy atom. The molecule has 1 aliphatic rings. The molecule has 1 aliphatic heterocycles. The summed E-state index contributed by atoms with van der Waals surface area (Å²) in [6.07, 6.45) is 2.23. The van der Waals surface area contributed by atoms with Gasteiger partial charge in [0, 0.05) is 31.4 Å². The topological polar surface area (TPSA) is 74.7 Å². The largest absolute Gasteiger partial charge is 0.508 e. The van der Waals surface area contributed by atoms with Gasteiger partial charge < -0.3 is 20.1 Å². The second-order valence-electron chi connectivity index (χ2n) is 5.70. The molecule has 6 heteroatoms. The van der Waals surface area contributed by atoms with E-state index in [0.717, 1.165) is 11.3 Å². The maximum atomic E-state index is 12.3. The van der Waals surface area contributed by atoms with Crippen molar-refractivity contribution in [2.24, 2.45) is 0 Å². The zero-order chi connectivity index (χ0) is 16.8. The van der Waals surface area contributed by atoms with Gasteiger partial charge in [0.25, 0.3) is 0 Å². The third-order valence-electron chi connectivity index (χ3n) is 3.98. The Hall–Kier alpha value is -2.60. The summed E-state index contributed by atoms with van der Waals surface area (Å²) in [7, 11) is 0. The number of pyridine rings is 1. The van der Waals surface area contributed by atoms with E-state index in [4.69, 9.17) is 4.74 Å². The average Bonchev–Trinajstić information content (AvgIpc) is 2.63. The third kappa shape index (κ3) is 4.23. The second kappa shape index (κ2) is 7.79. The van der Waals surface area contributed by atoms with Crippen molar-refractivity contribution >= 4 is 6.03 Å². The molecule has 2 amide bonds. The Labute approximate surface area is 141 Å². The molecule has 0 saturated carbocycles. The smallest absolute Gasteiger partial charge is 0.317 e. The van der Waals surface area contributed by atoms with Crippen molar-refractivity contribution in [3.63, 3.8) is 0 Å². The summed E-state index contributed by atoms with van der Waals surface area (Å²) in [6.45, 7) is 2.06. The van der Waals surface area contributed by atoms with E-state index in [9.17, 15) is 9.90 Å². The van der Waals surface area contributed by atoms with Gasteiger partial charge in [-0.3, -0.25) is 4.98 Å². The zero-order valence-corrected chi connectivity index (χ0v) is 13.4. The van der Waals surface area contributed by atoms with Crippen molar-refractivity contribution in [1.29, 1.82) is 0 Å². The SMILES string of the molecule is O=C(NCCc1ccccn1)N1CCOC(c2cccc(O)c2)C1. The van der Waals surface area contributed by atoms with Crippen molar-refractivity contribution in [3.05, 3.63) is 59.9 Å². The highest BCUT2D eigenvalue weighted by molar-refractivity contribution is 5.74. The van der Waals surface area contributed by atoms with Crippen molar-refractivity contribution in [2.75, 3.05) is 26.2 Å². The lowest BCUT2D eigenvalue weighted by Gasteiger charge is -2.33. The number of amides is 2. The van der Waals surface area contributed by atoms with Crippen LogP contribution in [0.3, 0.4) is 0 Å². The van der Waals surface area contributed by atoms with Crippen molar-refractivity contribution in [3.8, 4) is 5.75 Å². The Morgan fingerprint density at radius 2 is 2.25 bits per heavy atom. The highest BCUT2D eigenvalue weighted by Gasteiger charge is 2.25. The van der Waals surface area contributed by atoms with Gasteiger partial charge in [-0.05, 0) is 29.8 Å². The molecule has 1 aromatic carbocycles. The van der Waals surface area contributed by atoms with Crippen LogP contribution in [-0.4, -0.2) is 47.3 Å². The Morgan fingerprint density at radius 1 is 1.33 bits per heavy atom. The number of nitrogens with one attached hydrogen (secondary N) is 1. The van der Waals surface area contributed by atoms with Crippen LogP contribution >= 0.6 is 0 Å².